The summed E-state index contributed by atoms with van der Waals surface area (Å²) < 4.78 is 36.8. The van der Waals surface area contributed by atoms with Gasteiger partial charge in [-0.05, 0) is 89.1 Å². The molecule has 0 atom stereocenters. The van der Waals surface area contributed by atoms with E-state index in [4.69, 9.17) is 28.4 Å². The molecule has 0 saturated carbocycles. The Kier molecular flexibility index (Phi) is 19.0. The van der Waals surface area contributed by atoms with Crippen LogP contribution in [0, 0.1) is 0 Å². The average molecular weight is 1110 g/mol. The third-order valence-corrected chi connectivity index (χ3v) is 14.9. The minimum absolute atomic E-state index is 0.102. The van der Waals surface area contributed by atoms with Crippen molar-refractivity contribution in [3.05, 3.63) is 262 Å². The molecule has 0 radical (unpaired) electrons. The molecule has 1 saturated heterocycles. The lowest BCUT2D eigenvalue weighted by molar-refractivity contribution is 0.0357. The van der Waals surface area contributed by atoms with Gasteiger partial charge in [0.15, 0.2) is 0 Å². The largest absolute Gasteiger partial charge is 0.508 e. The number of hydrogen-bond donors (Lipinski definition) is 1. The van der Waals surface area contributed by atoms with Gasteiger partial charge in [0.2, 0.25) is 0 Å². The number of fused-ring (bicyclic) bond motifs is 2. The second kappa shape index (κ2) is 27.6. The summed E-state index contributed by atoms with van der Waals surface area (Å²) >= 11 is 0. The van der Waals surface area contributed by atoms with Crippen molar-refractivity contribution in [3.8, 4) is 34.5 Å². The van der Waals surface area contributed by atoms with Crippen LogP contribution < -0.4 is 23.7 Å². The number of allylic oxidation sites excluding steroid dienone is 2. The summed E-state index contributed by atoms with van der Waals surface area (Å²) in [6, 6.07) is 58.5. The number of carbonyl (C=O) groups excluding carboxylic acids is 2. The van der Waals surface area contributed by atoms with E-state index >= 15 is 0 Å². The summed E-state index contributed by atoms with van der Waals surface area (Å²) in [7, 11) is 0. The number of aromatic hydroxyl groups is 1. The Hall–Kier alpha value is -9.10. The van der Waals surface area contributed by atoms with Crippen molar-refractivity contribution >= 4 is 23.0 Å². The number of rotatable bonds is 21. The lowest BCUT2D eigenvalue weighted by atomic mass is 10.0. The number of phenols is 1. The smallest absolute Gasteiger partial charge is 0.258 e. The van der Waals surface area contributed by atoms with Crippen LogP contribution in [0.25, 0.3) is 11.1 Å². The van der Waals surface area contributed by atoms with Gasteiger partial charge in [-0.25, -0.2) is 0 Å². The van der Waals surface area contributed by atoms with Crippen molar-refractivity contribution in [2.75, 3.05) is 39.5 Å². The Morgan fingerprint density at radius 1 is 0.458 bits per heavy atom. The highest BCUT2D eigenvalue weighted by molar-refractivity contribution is 5.99. The third kappa shape index (κ3) is 14.7. The second-order valence-corrected chi connectivity index (χ2v) is 21.1. The molecule has 3 aliphatic rings. The summed E-state index contributed by atoms with van der Waals surface area (Å²) in [4.78, 5) is 34.1. The molecule has 1 fully saturated rings. The lowest BCUT2D eigenvalue weighted by Gasteiger charge is -2.26. The Balaban J connectivity index is 0.000000190. The third-order valence-electron chi connectivity index (χ3n) is 14.9. The maximum absolute atomic E-state index is 14.3. The molecule has 0 bridgehead atoms. The van der Waals surface area contributed by atoms with Gasteiger partial charge < -0.3 is 43.3 Å². The highest BCUT2D eigenvalue weighted by Crippen LogP contribution is 2.40. The van der Waals surface area contributed by atoms with E-state index in [0.717, 1.165) is 112 Å². The van der Waals surface area contributed by atoms with E-state index in [1.165, 1.54) is 0 Å². The monoisotopic (exact) mass is 1110 g/mol. The second-order valence-electron chi connectivity index (χ2n) is 21.1. The fourth-order valence-electron chi connectivity index (χ4n) is 10.4. The van der Waals surface area contributed by atoms with E-state index in [1.54, 1.807) is 23.1 Å². The van der Waals surface area contributed by atoms with Crippen molar-refractivity contribution in [2.24, 2.45) is 0 Å². The molecule has 8 aromatic carbocycles. The molecule has 0 aliphatic carbocycles. The maximum atomic E-state index is 14.3. The van der Waals surface area contributed by atoms with Crippen molar-refractivity contribution in [1.82, 2.24) is 14.7 Å². The molecule has 2 amide bonds. The fourth-order valence-corrected chi connectivity index (χ4v) is 10.4. The summed E-state index contributed by atoms with van der Waals surface area (Å²) in [5, 5.41) is 10.3. The van der Waals surface area contributed by atoms with Gasteiger partial charge in [0.05, 0.1) is 44.0 Å². The first-order valence-corrected chi connectivity index (χ1v) is 28.3. The predicted molar refractivity (Wildman–Crippen MR) is 324 cm³/mol. The number of morpholine rings is 1. The molecule has 0 spiro atoms. The Labute approximate surface area is 487 Å². The van der Waals surface area contributed by atoms with Crippen molar-refractivity contribution in [1.29, 1.82) is 0 Å². The van der Waals surface area contributed by atoms with E-state index in [9.17, 15) is 14.7 Å². The molecule has 0 aromatic heterocycles. The molecule has 424 valence electrons. The fraction of sp³-hybridized carbons (Fsp3) is 0.239. The van der Waals surface area contributed by atoms with Crippen molar-refractivity contribution < 1.29 is 43.1 Å². The van der Waals surface area contributed by atoms with E-state index in [2.05, 4.69) is 24.1 Å². The van der Waals surface area contributed by atoms with Crippen LogP contribution in [0.1, 0.15) is 96.6 Å². The van der Waals surface area contributed by atoms with Gasteiger partial charge in [-0.3, -0.25) is 14.5 Å². The van der Waals surface area contributed by atoms with Crippen LogP contribution >= 0.6 is 0 Å². The van der Waals surface area contributed by atoms with Crippen LogP contribution in [-0.4, -0.2) is 71.1 Å². The highest BCUT2D eigenvalue weighted by Gasteiger charge is 2.32. The SMILES string of the molecule is C=C(C)c1cc(C(=O)N2Cc3cccc(O)c3C2)c(OCc2ccccc2)cc1OCc1ccccc1.C=C(C)c1cc(C(=O)N2Cc3cccc(OCCCN4CCOCC4)c3C2)c(OCc2ccccc2)cc1OCc1ccccc1. The zero-order chi connectivity index (χ0) is 57.5. The van der Waals surface area contributed by atoms with E-state index in [-0.39, 0.29) is 17.6 Å². The molecule has 83 heavy (non-hydrogen) atoms. The van der Waals surface area contributed by atoms with Gasteiger partial charge in [-0.1, -0.05) is 159 Å². The number of ether oxygens (including phenoxy) is 6. The number of hydrogen-bond acceptors (Lipinski definition) is 10. The first-order valence-electron chi connectivity index (χ1n) is 28.3. The Bertz CT molecular complexity index is 3530. The molecular weight excluding hydrogens is 1040 g/mol. The number of phenolic OH excluding ortho intramolecular Hbond substituents is 1. The standard InChI is InChI=1S/C39H42N2O5.C32H29NO4/c1-29(2)33-23-34(38(46-28-31-13-7-4-8-14-31)24-37(33)45-27-30-11-5-3-6-12-30)39(42)41-25-32-15-9-16-36(35(32)26-41)44-20-10-17-40-18-21-43-22-19-40;1-22(2)26-16-27(32(35)33-18-25-14-9-15-29(34)28(25)19-33)31(37-21-24-12-7-4-8-13-24)17-30(26)36-20-23-10-5-3-6-11-23/h3-9,11-16,23-24H,1,10,17-22,25-28H2,2H3;3-17,34H,1,18-21H2,2H3. The predicted octanol–water partition coefficient (Wildman–Crippen LogP) is 13.9. The van der Waals surface area contributed by atoms with Crippen LogP contribution in [0.2, 0.25) is 0 Å². The number of carbonyl (C=O) groups is 2. The molecule has 0 unspecified atom stereocenters. The lowest BCUT2D eigenvalue weighted by Crippen LogP contribution is -2.37. The minimum atomic E-state index is -0.171. The van der Waals surface area contributed by atoms with E-state index in [0.29, 0.717) is 93.3 Å². The quantitative estimate of drug-likeness (QED) is 0.0697. The van der Waals surface area contributed by atoms with Gasteiger partial charge >= 0.3 is 0 Å². The normalized spacial score (nSPS) is 13.5. The van der Waals surface area contributed by atoms with Crippen LogP contribution in [0.15, 0.2) is 195 Å². The zero-order valence-electron chi connectivity index (χ0n) is 47.4. The van der Waals surface area contributed by atoms with Gasteiger partial charge in [0.25, 0.3) is 11.8 Å². The summed E-state index contributed by atoms with van der Waals surface area (Å²) in [6.07, 6.45) is 0.941. The summed E-state index contributed by atoms with van der Waals surface area (Å²) in [5.41, 5.74) is 12.1. The maximum Gasteiger partial charge on any atom is 0.258 e. The number of nitrogens with zero attached hydrogens (tertiary/aromatic N) is 3. The van der Waals surface area contributed by atoms with Crippen LogP contribution in [0.4, 0.5) is 0 Å². The molecule has 12 nitrogen and oxygen atoms in total. The average Bonchev–Trinajstić information content (AvgIpc) is 4.43. The highest BCUT2D eigenvalue weighted by atomic mass is 16.5. The van der Waals surface area contributed by atoms with E-state index < -0.39 is 0 Å². The summed E-state index contributed by atoms with van der Waals surface area (Å²) in [6.45, 7) is 20.5. The first-order chi connectivity index (χ1) is 40.5. The van der Waals surface area contributed by atoms with Gasteiger partial charge in [0.1, 0.15) is 60.9 Å². The number of amides is 2. The molecule has 11 rings (SSSR count). The van der Waals surface area contributed by atoms with Gasteiger partial charge in [-0.2, -0.15) is 0 Å². The first kappa shape index (κ1) is 57.1. The molecule has 8 aromatic rings. The van der Waals surface area contributed by atoms with Crippen LogP contribution in [-0.2, 0) is 57.3 Å². The van der Waals surface area contributed by atoms with Gasteiger partial charge in [-0.15, -0.1) is 0 Å². The molecule has 3 aliphatic heterocycles. The molecule has 1 N–H and O–H groups in total. The molecule has 12 heteroatoms. The Morgan fingerprint density at radius 2 is 0.855 bits per heavy atom. The van der Waals surface area contributed by atoms with Crippen LogP contribution in [0.5, 0.6) is 34.5 Å². The van der Waals surface area contributed by atoms with Crippen LogP contribution in [0.3, 0.4) is 0 Å². The van der Waals surface area contributed by atoms with E-state index in [1.807, 2.05) is 176 Å². The number of benzene rings is 8. The minimum Gasteiger partial charge on any atom is -0.508 e. The zero-order valence-corrected chi connectivity index (χ0v) is 47.4. The van der Waals surface area contributed by atoms with Crippen molar-refractivity contribution in [2.45, 2.75) is 72.9 Å². The Morgan fingerprint density at radius 3 is 1.28 bits per heavy atom. The van der Waals surface area contributed by atoms with Gasteiger partial charge in [0, 0.05) is 67.1 Å². The topological polar surface area (TPSA) is 119 Å². The molecule has 3 heterocycles. The summed E-state index contributed by atoms with van der Waals surface area (Å²) in [5.74, 6) is 2.96. The molecular formula is C71H71N3O9. The van der Waals surface area contributed by atoms with Crippen molar-refractivity contribution in [3.63, 3.8) is 0 Å².